The second-order valence-electron chi connectivity index (χ2n) is 7.17. The Morgan fingerprint density at radius 1 is 1.04 bits per heavy atom. The molecule has 0 aromatic carbocycles. The highest BCUT2D eigenvalue weighted by Gasteiger charge is 2.27. The van der Waals surface area contributed by atoms with Crippen molar-refractivity contribution in [1.29, 1.82) is 0 Å². The third-order valence-corrected chi connectivity index (χ3v) is 4.95. The first-order valence-electron chi connectivity index (χ1n) is 9.11. The maximum atomic E-state index is 5.38. The van der Waals surface area contributed by atoms with Crippen LogP contribution in [0.5, 0.6) is 0 Å². The minimum atomic E-state index is 0. The van der Waals surface area contributed by atoms with Crippen LogP contribution in [0.1, 0.15) is 33.1 Å². The van der Waals surface area contributed by atoms with Gasteiger partial charge in [0.2, 0.25) is 0 Å². The predicted octanol–water partition coefficient (Wildman–Crippen LogP) is 1.37. The van der Waals surface area contributed by atoms with Crippen molar-refractivity contribution in [2.24, 2.45) is 4.99 Å². The van der Waals surface area contributed by atoms with Gasteiger partial charge in [-0.2, -0.15) is 0 Å². The van der Waals surface area contributed by atoms with Crippen molar-refractivity contribution in [3.8, 4) is 0 Å². The first kappa shape index (κ1) is 21.9. The molecular formula is C17H36IN5O. The summed E-state index contributed by atoms with van der Waals surface area (Å²) < 4.78 is 5.38. The van der Waals surface area contributed by atoms with Crippen molar-refractivity contribution in [2.75, 3.05) is 66.1 Å². The van der Waals surface area contributed by atoms with E-state index in [1.165, 1.54) is 32.4 Å². The van der Waals surface area contributed by atoms with Gasteiger partial charge in [0, 0.05) is 45.3 Å². The first-order valence-corrected chi connectivity index (χ1v) is 9.11. The number of aliphatic imine (C=N–C) groups is 1. The van der Waals surface area contributed by atoms with Crippen molar-refractivity contribution in [3.05, 3.63) is 0 Å². The molecule has 2 fully saturated rings. The molecule has 2 rings (SSSR count). The normalized spacial score (nSPS) is 21.2. The van der Waals surface area contributed by atoms with E-state index in [1.54, 1.807) is 0 Å². The van der Waals surface area contributed by atoms with E-state index in [1.807, 2.05) is 7.05 Å². The summed E-state index contributed by atoms with van der Waals surface area (Å²) in [7, 11) is 1.85. The van der Waals surface area contributed by atoms with Gasteiger partial charge in [-0.3, -0.25) is 14.8 Å². The lowest BCUT2D eigenvalue weighted by Crippen LogP contribution is -2.55. The number of hydrogen-bond donors (Lipinski definition) is 2. The Morgan fingerprint density at radius 2 is 1.71 bits per heavy atom. The lowest BCUT2D eigenvalue weighted by Gasteiger charge is -2.41. The Balaban J connectivity index is 0.00000288. The van der Waals surface area contributed by atoms with Crippen molar-refractivity contribution in [1.82, 2.24) is 20.4 Å². The number of halogens is 1. The summed E-state index contributed by atoms with van der Waals surface area (Å²) in [5, 5.41) is 6.93. The molecule has 6 nitrogen and oxygen atoms in total. The Labute approximate surface area is 164 Å². The second-order valence-corrected chi connectivity index (χ2v) is 7.17. The van der Waals surface area contributed by atoms with Crippen LogP contribution >= 0.6 is 24.0 Å². The molecule has 0 atom stereocenters. The molecule has 0 aromatic heterocycles. The highest BCUT2D eigenvalue weighted by molar-refractivity contribution is 14.0. The number of nitrogens with zero attached hydrogens (tertiary/aromatic N) is 3. The summed E-state index contributed by atoms with van der Waals surface area (Å²) in [6.45, 7) is 13.8. The number of hydrogen-bond acceptors (Lipinski definition) is 4. The number of guanidine groups is 1. The van der Waals surface area contributed by atoms with Crippen LogP contribution in [0.4, 0.5) is 0 Å². The van der Waals surface area contributed by atoms with Crippen LogP contribution in [-0.2, 0) is 4.74 Å². The average molecular weight is 453 g/mol. The van der Waals surface area contributed by atoms with E-state index in [-0.39, 0.29) is 29.5 Å². The molecule has 7 heteroatoms. The van der Waals surface area contributed by atoms with Crippen LogP contribution < -0.4 is 10.6 Å². The number of piperidine rings is 1. The van der Waals surface area contributed by atoms with Gasteiger partial charge >= 0.3 is 0 Å². The highest BCUT2D eigenvalue weighted by Crippen LogP contribution is 2.19. The number of ether oxygens (including phenoxy) is 1. The summed E-state index contributed by atoms with van der Waals surface area (Å²) in [5.41, 5.74) is 0.169. The van der Waals surface area contributed by atoms with Gasteiger partial charge in [0.05, 0.1) is 13.2 Å². The molecule has 0 aromatic rings. The van der Waals surface area contributed by atoms with Crippen molar-refractivity contribution < 1.29 is 4.74 Å². The van der Waals surface area contributed by atoms with Gasteiger partial charge in [-0.1, -0.05) is 6.42 Å². The number of likely N-dealkylation sites (tertiary alicyclic amines) is 1. The molecule has 0 spiro atoms. The molecule has 0 saturated carbocycles. The van der Waals surface area contributed by atoms with Crippen molar-refractivity contribution >= 4 is 29.9 Å². The Hall–Kier alpha value is -0.120. The van der Waals surface area contributed by atoms with Gasteiger partial charge in [0.15, 0.2) is 5.96 Å². The molecule has 2 saturated heterocycles. The third kappa shape index (κ3) is 7.41. The topological polar surface area (TPSA) is 52.1 Å². The van der Waals surface area contributed by atoms with Gasteiger partial charge in [0.25, 0.3) is 0 Å². The molecular weight excluding hydrogens is 417 g/mol. The van der Waals surface area contributed by atoms with E-state index in [4.69, 9.17) is 4.74 Å². The predicted molar refractivity (Wildman–Crippen MR) is 112 cm³/mol. The van der Waals surface area contributed by atoms with Crippen molar-refractivity contribution in [3.63, 3.8) is 0 Å². The maximum Gasteiger partial charge on any atom is 0.191 e. The minimum absolute atomic E-state index is 0. The molecule has 2 N–H and O–H groups in total. The zero-order valence-corrected chi connectivity index (χ0v) is 18.0. The van der Waals surface area contributed by atoms with Crippen LogP contribution in [0.2, 0.25) is 0 Å². The Kier molecular flexibility index (Phi) is 10.5. The Morgan fingerprint density at radius 3 is 2.33 bits per heavy atom. The number of nitrogens with one attached hydrogen (secondary N) is 2. The largest absolute Gasteiger partial charge is 0.379 e. The molecule has 0 aliphatic carbocycles. The van der Waals surface area contributed by atoms with Gasteiger partial charge in [-0.25, -0.2) is 0 Å². The van der Waals surface area contributed by atoms with Gasteiger partial charge in [0.1, 0.15) is 0 Å². The average Bonchev–Trinajstić information content (AvgIpc) is 2.59. The summed E-state index contributed by atoms with van der Waals surface area (Å²) in [6, 6.07) is 0. The minimum Gasteiger partial charge on any atom is -0.379 e. The summed E-state index contributed by atoms with van der Waals surface area (Å²) in [4.78, 5) is 9.39. The standard InChI is InChI=1S/C17H35N5O.HI/c1-17(2,22-8-5-4-6-9-22)15-20-16(18-3)19-7-10-21-11-13-23-14-12-21;/h4-15H2,1-3H3,(H2,18,19,20);1H. The lowest BCUT2D eigenvalue weighted by atomic mass is 9.98. The van der Waals surface area contributed by atoms with E-state index >= 15 is 0 Å². The molecule has 2 aliphatic heterocycles. The molecule has 0 bridgehead atoms. The molecule has 0 unspecified atom stereocenters. The summed E-state index contributed by atoms with van der Waals surface area (Å²) >= 11 is 0. The van der Waals surface area contributed by atoms with E-state index in [9.17, 15) is 0 Å². The third-order valence-electron chi connectivity index (χ3n) is 4.95. The first-order chi connectivity index (χ1) is 11.1. The Bertz CT molecular complexity index is 366. The fraction of sp³-hybridized carbons (Fsp3) is 0.941. The van der Waals surface area contributed by atoms with Crippen molar-refractivity contribution in [2.45, 2.75) is 38.6 Å². The smallest absolute Gasteiger partial charge is 0.191 e. The monoisotopic (exact) mass is 453 g/mol. The molecule has 2 aliphatic rings. The summed E-state index contributed by atoms with van der Waals surface area (Å²) in [6.07, 6.45) is 4.04. The van der Waals surface area contributed by atoms with Crippen LogP contribution in [0.3, 0.4) is 0 Å². The van der Waals surface area contributed by atoms with Crippen LogP contribution in [0.15, 0.2) is 4.99 Å². The van der Waals surface area contributed by atoms with Gasteiger partial charge in [-0.15, -0.1) is 24.0 Å². The fourth-order valence-electron chi connectivity index (χ4n) is 3.29. The fourth-order valence-corrected chi connectivity index (χ4v) is 3.29. The maximum absolute atomic E-state index is 5.38. The van der Waals surface area contributed by atoms with Crippen LogP contribution in [0.25, 0.3) is 0 Å². The van der Waals surface area contributed by atoms with Crippen LogP contribution in [0, 0.1) is 0 Å². The van der Waals surface area contributed by atoms with Crippen LogP contribution in [-0.4, -0.2) is 87.4 Å². The van der Waals surface area contributed by atoms with Gasteiger partial charge in [-0.05, 0) is 39.8 Å². The summed E-state index contributed by atoms with van der Waals surface area (Å²) in [5.74, 6) is 0.906. The molecule has 24 heavy (non-hydrogen) atoms. The van der Waals surface area contributed by atoms with E-state index < -0.39 is 0 Å². The van der Waals surface area contributed by atoms with E-state index in [0.29, 0.717) is 0 Å². The molecule has 0 amide bonds. The highest BCUT2D eigenvalue weighted by atomic mass is 127. The van der Waals surface area contributed by atoms with E-state index in [2.05, 4.69) is 39.3 Å². The quantitative estimate of drug-likeness (QED) is 0.362. The van der Waals surface area contributed by atoms with E-state index in [0.717, 1.165) is 51.9 Å². The lowest BCUT2D eigenvalue weighted by molar-refractivity contribution is 0.0389. The molecule has 2 heterocycles. The zero-order valence-electron chi connectivity index (χ0n) is 15.6. The second kappa shape index (κ2) is 11.5. The molecule has 142 valence electrons. The zero-order chi connectivity index (χ0) is 16.5. The van der Waals surface area contributed by atoms with Gasteiger partial charge < -0.3 is 15.4 Å². The molecule has 0 radical (unpaired) electrons. The SMILES string of the molecule is CN=C(NCCN1CCOCC1)NCC(C)(C)N1CCCCC1.I. The number of rotatable bonds is 6. The number of morpholine rings is 1.